The maximum atomic E-state index is 12.2. The van der Waals surface area contributed by atoms with Crippen molar-refractivity contribution in [2.24, 2.45) is 5.92 Å². The first kappa shape index (κ1) is 17.8. The van der Waals surface area contributed by atoms with Crippen LogP contribution in [0.2, 0.25) is 0 Å². The molecule has 5 heteroatoms. The van der Waals surface area contributed by atoms with Crippen molar-refractivity contribution in [2.45, 2.75) is 32.4 Å². The standard InChI is InChI=1S/C18H29N3O2/c1-14-12-16(8-9-19-14)18(22)20-13-15-4-6-17(7-5-15)23-11-10-21(2)3/h4-7,14,16,19H,8-13H2,1-3H3,(H,20,22)/t14-,16-/m0/s1. The highest BCUT2D eigenvalue weighted by Gasteiger charge is 2.24. The fraction of sp³-hybridized carbons (Fsp3) is 0.611. The van der Waals surface area contributed by atoms with E-state index < -0.39 is 0 Å². The van der Waals surface area contributed by atoms with Gasteiger partial charge in [0.05, 0.1) is 0 Å². The molecule has 1 aromatic rings. The van der Waals surface area contributed by atoms with Crippen LogP contribution in [0.4, 0.5) is 0 Å². The van der Waals surface area contributed by atoms with E-state index in [9.17, 15) is 4.79 Å². The molecule has 1 aliphatic heterocycles. The van der Waals surface area contributed by atoms with Crippen molar-refractivity contribution in [3.8, 4) is 5.75 Å². The number of ether oxygens (including phenoxy) is 1. The number of nitrogens with zero attached hydrogens (tertiary/aromatic N) is 1. The summed E-state index contributed by atoms with van der Waals surface area (Å²) in [6.07, 6.45) is 1.85. The molecule has 0 saturated carbocycles. The van der Waals surface area contributed by atoms with Gasteiger partial charge in [-0.3, -0.25) is 4.79 Å². The van der Waals surface area contributed by atoms with Gasteiger partial charge in [-0.15, -0.1) is 0 Å². The highest BCUT2D eigenvalue weighted by Crippen LogP contribution is 2.17. The number of piperidine rings is 1. The monoisotopic (exact) mass is 319 g/mol. The van der Waals surface area contributed by atoms with Crippen molar-refractivity contribution in [3.05, 3.63) is 29.8 Å². The molecular formula is C18H29N3O2. The van der Waals surface area contributed by atoms with Gasteiger partial charge in [0.2, 0.25) is 5.91 Å². The van der Waals surface area contributed by atoms with Crippen molar-refractivity contribution in [3.63, 3.8) is 0 Å². The third-order valence-corrected chi connectivity index (χ3v) is 4.19. The van der Waals surface area contributed by atoms with Crippen LogP contribution in [0.5, 0.6) is 5.75 Å². The molecule has 0 aromatic heterocycles. The lowest BCUT2D eigenvalue weighted by atomic mass is 9.92. The van der Waals surface area contributed by atoms with E-state index in [0.717, 1.165) is 37.2 Å². The SMILES string of the molecule is C[C@H]1C[C@@H](C(=O)NCc2ccc(OCCN(C)C)cc2)CCN1. The number of carbonyl (C=O) groups is 1. The third kappa shape index (κ3) is 6.20. The number of amides is 1. The number of rotatable bonds is 7. The van der Waals surface area contributed by atoms with Crippen molar-refractivity contribution in [1.82, 2.24) is 15.5 Å². The topological polar surface area (TPSA) is 53.6 Å². The first-order valence-corrected chi connectivity index (χ1v) is 8.42. The van der Waals surface area contributed by atoms with E-state index in [1.54, 1.807) is 0 Å². The van der Waals surface area contributed by atoms with Crippen LogP contribution < -0.4 is 15.4 Å². The van der Waals surface area contributed by atoms with Crippen molar-refractivity contribution in [2.75, 3.05) is 33.8 Å². The Morgan fingerprint density at radius 2 is 2.09 bits per heavy atom. The van der Waals surface area contributed by atoms with E-state index in [-0.39, 0.29) is 11.8 Å². The Labute approximate surface area is 139 Å². The van der Waals surface area contributed by atoms with Crippen LogP contribution in [0.3, 0.4) is 0 Å². The van der Waals surface area contributed by atoms with Gasteiger partial charge in [-0.1, -0.05) is 12.1 Å². The molecule has 2 atom stereocenters. The van der Waals surface area contributed by atoms with E-state index in [0.29, 0.717) is 19.2 Å². The lowest BCUT2D eigenvalue weighted by Crippen LogP contribution is -2.42. The quantitative estimate of drug-likeness (QED) is 0.802. The fourth-order valence-electron chi connectivity index (χ4n) is 2.75. The molecule has 0 radical (unpaired) electrons. The second kappa shape index (κ2) is 8.89. The zero-order valence-electron chi connectivity index (χ0n) is 14.5. The number of hydrogen-bond acceptors (Lipinski definition) is 4. The number of carbonyl (C=O) groups excluding carboxylic acids is 1. The highest BCUT2D eigenvalue weighted by molar-refractivity contribution is 5.78. The second-order valence-corrected chi connectivity index (χ2v) is 6.59. The van der Waals surface area contributed by atoms with Gasteiger partial charge in [0.15, 0.2) is 0 Å². The second-order valence-electron chi connectivity index (χ2n) is 6.59. The van der Waals surface area contributed by atoms with Gasteiger partial charge >= 0.3 is 0 Å². The lowest BCUT2D eigenvalue weighted by Gasteiger charge is -2.27. The molecule has 2 rings (SSSR count). The lowest BCUT2D eigenvalue weighted by molar-refractivity contribution is -0.126. The zero-order chi connectivity index (χ0) is 16.7. The van der Waals surface area contributed by atoms with Gasteiger partial charge in [-0.25, -0.2) is 0 Å². The number of hydrogen-bond donors (Lipinski definition) is 2. The maximum absolute atomic E-state index is 12.2. The van der Waals surface area contributed by atoms with Crippen LogP contribution in [0, 0.1) is 5.92 Å². The van der Waals surface area contributed by atoms with Crippen molar-refractivity contribution >= 4 is 5.91 Å². The average Bonchev–Trinajstić information content (AvgIpc) is 2.53. The van der Waals surface area contributed by atoms with Crippen LogP contribution in [0.1, 0.15) is 25.3 Å². The fourth-order valence-corrected chi connectivity index (χ4v) is 2.75. The van der Waals surface area contributed by atoms with E-state index in [1.165, 1.54) is 0 Å². The zero-order valence-corrected chi connectivity index (χ0v) is 14.5. The van der Waals surface area contributed by atoms with E-state index in [4.69, 9.17) is 4.74 Å². The first-order chi connectivity index (χ1) is 11.0. The Bertz CT molecular complexity index is 488. The molecule has 23 heavy (non-hydrogen) atoms. The number of benzene rings is 1. The third-order valence-electron chi connectivity index (χ3n) is 4.19. The molecule has 0 aliphatic carbocycles. The molecule has 5 nitrogen and oxygen atoms in total. The Hall–Kier alpha value is -1.59. The summed E-state index contributed by atoms with van der Waals surface area (Å²) in [5.41, 5.74) is 1.10. The van der Waals surface area contributed by atoms with Gasteiger partial charge in [0, 0.05) is 25.0 Å². The van der Waals surface area contributed by atoms with Crippen LogP contribution in [0.25, 0.3) is 0 Å². The molecule has 0 unspecified atom stereocenters. The molecule has 128 valence electrons. The summed E-state index contributed by atoms with van der Waals surface area (Å²) in [6, 6.07) is 8.37. The summed E-state index contributed by atoms with van der Waals surface area (Å²) >= 11 is 0. The Kier molecular flexibility index (Phi) is 6.86. The predicted octanol–water partition coefficient (Wildman–Crippen LogP) is 1.63. The minimum atomic E-state index is 0.139. The van der Waals surface area contributed by atoms with Crippen molar-refractivity contribution < 1.29 is 9.53 Å². The number of nitrogens with one attached hydrogen (secondary N) is 2. The molecule has 1 heterocycles. The molecular weight excluding hydrogens is 290 g/mol. The van der Waals surface area contributed by atoms with Crippen LogP contribution in [-0.2, 0) is 11.3 Å². The largest absolute Gasteiger partial charge is 0.492 e. The van der Waals surface area contributed by atoms with Gasteiger partial charge in [0.1, 0.15) is 12.4 Å². The molecule has 0 spiro atoms. The minimum Gasteiger partial charge on any atom is -0.492 e. The summed E-state index contributed by atoms with van der Waals surface area (Å²) in [6.45, 7) is 5.21. The van der Waals surface area contributed by atoms with Gasteiger partial charge in [-0.05, 0) is 58.1 Å². The smallest absolute Gasteiger partial charge is 0.223 e. The maximum Gasteiger partial charge on any atom is 0.223 e. The molecule has 0 bridgehead atoms. The van der Waals surface area contributed by atoms with Gasteiger partial charge < -0.3 is 20.3 Å². The minimum absolute atomic E-state index is 0.139. The van der Waals surface area contributed by atoms with E-state index >= 15 is 0 Å². The molecule has 1 aromatic carbocycles. The predicted molar refractivity (Wildman–Crippen MR) is 92.5 cm³/mol. The summed E-state index contributed by atoms with van der Waals surface area (Å²) in [5.74, 6) is 1.18. The Morgan fingerprint density at radius 3 is 2.74 bits per heavy atom. The Morgan fingerprint density at radius 1 is 1.35 bits per heavy atom. The summed E-state index contributed by atoms with van der Waals surface area (Å²) in [7, 11) is 4.05. The molecule has 1 amide bonds. The summed E-state index contributed by atoms with van der Waals surface area (Å²) in [4.78, 5) is 14.3. The normalized spacial score (nSPS) is 21.2. The number of likely N-dealkylation sites (N-methyl/N-ethyl adjacent to an activating group) is 1. The van der Waals surface area contributed by atoms with Gasteiger partial charge in [-0.2, -0.15) is 0 Å². The average molecular weight is 319 g/mol. The van der Waals surface area contributed by atoms with Crippen LogP contribution in [0.15, 0.2) is 24.3 Å². The first-order valence-electron chi connectivity index (χ1n) is 8.42. The summed E-state index contributed by atoms with van der Waals surface area (Å²) in [5, 5.41) is 6.43. The highest BCUT2D eigenvalue weighted by atomic mass is 16.5. The van der Waals surface area contributed by atoms with E-state index in [1.807, 2.05) is 38.4 Å². The van der Waals surface area contributed by atoms with Crippen LogP contribution >= 0.6 is 0 Å². The van der Waals surface area contributed by atoms with Crippen LogP contribution in [-0.4, -0.2) is 50.6 Å². The molecule has 1 aliphatic rings. The molecule has 1 fully saturated rings. The Balaban J connectivity index is 1.74. The van der Waals surface area contributed by atoms with Crippen molar-refractivity contribution in [1.29, 1.82) is 0 Å². The van der Waals surface area contributed by atoms with Gasteiger partial charge in [0.25, 0.3) is 0 Å². The molecule has 1 saturated heterocycles. The van der Waals surface area contributed by atoms with E-state index in [2.05, 4.69) is 22.5 Å². The summed E-state index contributed by atoms with van der Waals surface area (Å²) < 4.78 is 5.67. The molecule has 2 N–H and O–H groups in total.